The molecule has 0 saturated heterocycles. The third kappa shape index (κ3) is 4.08. The van der Waals surface area contributed by atoms with E-state index in [4.69, 9.17) is 9.79 Å². The molecule has 0 aliphatic carbocycles. The first-order chi connectivity index (χ1) is 13.6. The molecule has 2 N–H and O–H groups in total. The maximum atomic E-state index is 13.2. The average Bonchev–Trinajstić information content (AvgIpc) is 2.95. The summed E-state index contributed by atoms with van der Waals surface area (Å²) in [6.45, 7) is 0.335. The summed E-state index contributed by atoms with van der Waals surface area (Å²) in [6.07, 6.45) is -4.78. The Morgan fingerprint density at radius 2 is 1.45 bits per heavy atom. The van der Waals surface area contributed by atoms with Gasteiger partial charge in [0.2, 0.25) is 0 Å². The quantitative estimate of drug-likeness (QED) is 0.427. The number of fused-ring (bicyclic) bond motifs is 3. The number of benzene rings is 3. The van der Waals surface area contributed by atoms with Gasteiger partial charge in [0.1, 0.15) is 0 Å². The van der Waals surface area contributed by atoms with Crippen LogP contribution in [0.25, 0.3) is 21.8 Å². The predicted octanol–water partition coefficient (Wildman–Crippen LogP) is 5.54. The minimum atomic E-state index is -4.43. The largest absolute Gasteiger partial charge is 0.416 e. The Morgan fingerprint density at radius 1 is 0.828 bits per heavy atom. The van der Waals surface area contributed by atoms with Crippen molar-refractivity contribution in [3.8, 4) is 0 Å². The summed E-state index contributed by atoms with van der Waals surface area (Å²) < 4.78 is 52.7. The fourth-order valence-electron chi connectivity index (χ4n) is 3.57. The highest BCUT2D eigenvalue weighted by atomic mass is 31.2. The molecule has 29 heavy (non-hydrogen) atoms. The van der Waals surface area contributed by atoms with Gasteiger partial charge in [0, 0.05) is 22.8 Å². The van der Waals surface area contributed by atoms with Crippen molar-refractivity contribution in [3.05, 3.63) is 83.4 Å². The molecule has 0 fully saturated rings. The number of hydrogen-bond donors (Lipinski definition) is 2. The van der Waals surface area contributed by atoms with Crippen LogP contribution in [-0.2, 0) is 23.4 Å². The van der Waals surface area contributed by atoms with Crippen LogP contribution >= 0.6 is 7.60 Å². The molecule has 0 aliphatic heterocycles. The molecule has 8 heteroatoms. The van der Waals surface area contributed by atoms with Gasteiger partial charge < -0.3 is 14.4 Å². The lowest BCUT2D eigenvalue weighted by Crippen LogP contribution is -2.05. The highest BCUT2D eigenvalue weighted by Crippen LogP contribution is 2.39. The molecule has 4 aromatic rings. The minimum absolute atomic E-state index is 0.335. The topological polar surface area (TPSA) is 62.5 Å². The van der Waals surface area contributed by atoms with E-state index in [1.54, 1.807) is 24.3 Å². The van der Waals surface area contributed by atoms with Crippen molar-refractivity contribution in [1.29, 1.82) is 0 Å². The normalized spacial score (nSPS) is 12.7. The molecule has 0 bridgehead atoms. The number of aromatic nitrogens is 1. The molecule has 3 aromatic carbocycles. The van der Waals surface area contributed by atoms with Crippen LogP contribution in [0.4, 0.5) is 13.2 Å². The minimum Gasteiger partial charge on any atom is -0.336 e. The average molecular weight is 419 g/mol. The van der Waals surface area contributed by atoms with Crippen LogP contribution in [0.3, 0.4) is 0 Å². The van der Waals surface area contributed by atoms with Crippen LogP contribution in [0.15, 0.2) is 66.7 Å². The number of halogens is 3. The zero-order chi connectivity index (χ0) is 20.8. The van der Waals surface area contributed by atoms with Gasteiger partial charge in [0.15, 0.2) is 0 Å². The SMILES string of the molecule is O=P(O)(O)Cc1ccc(Cn2c3ccccc3c3ccc(C(F)(F)F)cc32)cc1. The van der Waals surface area contributed by atoms with Crippen LogP contribution in [0, 0.1) is 0 Å². The van der Waals surface area contributed by atoms with Gasteiger partial charge in [0.05, 0.1) is 17.2 Å². The molecule has 0 aliphatic rings. The highest BCUT2D eigenvalue weighted by Gasteiger charge is 2.31. The summed E-state index contributed by atoms with van der Waals surface area (Å²) in [5.41, 5.74) is 1.93. The van der Waals surface area contributed by atoms with Crippen LogP contribution in [-0.4, -0.2) is 14.4 Å². The highest BCUT2D eigenvalue weighted by molar-refractivity contribution is 7.50. The van der Waals surface area contributed by atoms with Gasteiger partial charge >= 0.3 is 13.8 Å². The second kappa shape index (κ2) is 7.02. The number of alkyl halides is 3. The Balaban J connectivity index is 1.80. The van der Waals surface area contributed by atoms with Crippen molar-refractivity contribution in [2.45, 2.75) is 18.9 Å². The van der Waals surface area contributed by atoms with Crippen molar-refractivity contribution in [2.75, 3.05) is 0 Å². The molecule has 1 heterocycles. The Kier molecular flexibility index (Phi) is 4.77. The molecule has 1 aromatic heterocycles. The Bertz CT molecular complexity index is 1240. The second-order valence-electron chi connectivity index (χ2n) is 6.97. The van der Waals surface area contributed by atoms with Crippen molar-refractivity contribution in [1.82, 2.24) is 4.57 Å². The van der Waals surface area contributed by atoms with E-state index >= 15 is 0 Å². The predicted molar refractivity (Wildman–Crippen MR) is 106 cm³/mol. The standard InChI is InChI=1S/C21H17F3NO3P/c22-21(23,24)16-9-10-18-17-3-1-2-4-19(17)25(20(18)11-16)12-14-5-7-15(8-6-14)13-29(26,27)28/h1-11H,12-13H2,(H2,26,27,28). The summed E-state index contributed by atoms with van der Waals surface area (Å²) in [7, 11) is -4.16. The van der Waals surface area contributed by atoms with Crippen molar-refractivity contribution < 1.29 is 27.5 Å². The number of para-hydroxylation sites is 1. The number of hydrogen-bond acceptors (Lipinski definition) is 1. The molecule has 0 amide bonds. The van der Waals surface area contributed by atoms with Gasteiger partial charge in [0.25, 0.3) is 0 Å². The van der Waals surface area contributed by atoms with E-state index < -0.39 is 19.3 Å². The van der Waals surface area contributed by atoms with E-state index in [9.17, 15) is 17.7 Å². The van der Waals surface area contributed by atoms with E-state index in [1.807, 2.05) is 28.8 Å². The molecule has 4 nitrogen and oxygen atoms in total. The maximum absolute atomic E-state index is 13.2. The van der Waals surface area contributed by atoms with Gasteiger partial charge in [-0.15, -0.1) is 0 Å². The third-order valence-corrected chi connectivity index (χ3v) is 5.63. The first-order valence-corrected chi connectivity index (χ1v) is 10.6. The Labute approximate surface area is 164 Å². The maximum Gasteiger partial charge on any atom is 0.416 e. The fraction of sp³-hybridized carbons (Fsp3) is 0.143. The summed E-state index contributed by atoms with van der Waals surface area (Å²) in [4.78, 5) is 18.2. The molecule has 0 unspecified atom stereocenters. The van der Waals surface area contributed by atoms with Gasteiger partial charge in [-0.2, -0.15) is 13.2 Å². The van der Waals surface area contributed by atoms with Crippen LogP contribution in [0.1, 0.15) is 16.7 Å². The van der Waals surface area contributed by atoms with E-state index in [1.165, 1.54) is 6.07 Å². The van der Waals surface area contributed by atoms with Crippen molar-refractivity contribution >= 4 is 29.4 Å². The zero-order valence-electron chi connectivity index (χ0n) is 15.1. The van der Waals surface area contributed by atoms with Crippen LogP contribution in [0.5, 0.6) is 0 Å². The van der Waals surface area contributed by atoms with Gasteiger partial charge in [-0.3, -0.25) is 4.57 Å². The molecular formula is C21H17F3NO3P. The van der Waals surface area contributed by atoms with Crippen LogP contribution in [0.2, 0.25) is 0 Å². The zero-order valence-corrected chi connectivity index (χ0v) is 16.0. The summed E-state index contributed by atoms with van der Waals surface area (Å²) in [5, 5.41) is 1.61. The van der Waals surface area contributed by atoms with E-state index in [-0.39, 0.29) is 6.16 Å². The summed E-state index contributed by atoms with van der Waals surface area (Å²) in [6, 6.07) is 17.9. The van der Waals surface area contributed by atoms with Crippen molar-refractivity contribution in [3.63, 3.8) is 0 Å². The lowest BCUT2D eigenvalue weighted by atomic mass is 10.1. The second-order valence-corrected chi connectivity index (χ2v) is 8.62. The first kappa shape index (κ1) is 19.7. The van der Waals surface area contributed by atoms with Crippen molar-refractivity contribution in [2.24, 2.45) is 0 Å². The fourth-order valence-corrected chi connectivity index (χ4v) is 4.25. The van der Waals surface area contributed by atoms with Gasteiger partial charge in [-0.1, -0.05) is 48.5 Å². The van der Waals surface area contributed by atoms with Gasteiger partial charge in [-0.25, -0.2) is 0 Å². The monoisotopic (exact) mass is 419 g/mol. The summed E-state index contributed by atoms with van der Waals surface area (Å²) in [5.74, 6) is 0. The number of nitrogens with zero attached hydrogens (tertiary/aromatic N) is 1. The molecule has 0 spiro atoms. The molecular weight excluding hydrogens is 402 g/mol. The third-order valence-electron chi connectivity index (χ3n) is 4.85. The van der Waals surface area contributed by atoms with Gasteiger partial charge in [-0.05, 0) is 29.3 Å². The molecule has 0 radical (unpaired) electrons. The smallest absolute Gasteiger partial charge is 0.336 e. The Morgan fingerprint density at radius 3 is 2.10 bits per heavy atom. The lowest BCUT2D eigenvalue weighted by molar-refractivity contribution is -0.137. The molecule has 150 valence electrons. The van der Waals surface area contributed by atoms with E-state index in [0.717, 1.165) is 34.0 Å². The van der Waals surface area contributed by atoms with E-state index in [0.29, 0.717) is 17.6 Å². The molecule has 0 atom stereocenters. The Hall–Kier alpha value is -2.60. The molecule has 0 saturated carbocycles. The first-order valence-electron chi connectivity index (χ1n) is 8.82. The number of rotatable bonds is 4. The lowest BCUT2D eigenvalue weighted by Gasteiger charge is -2.11. The van der Waals surface area contributed by atoms with E-state index in [2.05, 4.69) is 0 Å². The van der Waals surface area contributed by atoms with Crippen LogP contribution < -0.4 is 0 Å². The molecule has 4 rings (SSSR count). The summed E-state index contributed by atoms with van der Waals surface area (Å²) >= 11 is 0.